The highest BCUT2D eigenvalue weighted by Gasteiger charge is 2.43. The van der Waals surface area contributed by atoms with Gasteiger partial charge in [0.05, 0.1) is 0 Å². The Hall–Kier alpha value is -0.530. The average Bonchev–Trinajstić information content (AvgIpc) is 2.70. The van der Waals surface area contributed by atoms with Gasteiger partial charge in [-0.15, -0.1) is 12.4 Å². The summed E-state index contributed by atoms with van der Waals surface area (Å²) in [6, 6.07) is 6.93. The van der Waals surface area contributed by atoms with Crippen molar-refractivity contribution in [2.45, 2.75) is 39.0 Å². The van der Waals surface area contributed by atoms with Crippen LogP contribution < -0.4 is 5.32 Å². The molecule has 0 spiro atoms. The predicted octanol–water partition coefficient (Wildman–Crippen LogP) is 3.31. The molecule has 1 aromatic rings. The van der Waals surface area contributed by atoms with Gasteiger partial charge in [-0.05, 0) is 41.4 Å². The van der Waals surface area contributed by atoms with E-state index < -0.39 is 0 Å². The summed E-state index contributed by atoms with van der Waals surface area (Å²) in [6.45, 7) is 7.11. The van der Waals surface area contributed by atoms with Crippen molar-refractivity contribution >= 4 is 12.4 Å². The summed E-state index contributed by atoms with van der Waals surface area (Å²) >= 11 is 0. The topological polar surface area (TPSA) is 12.0 Å². The molecule has 0 saturated carbocycles. The number of halogens is 1. The van der Waals surface area contributed by atoms with Crippen molar-refractivity contribution in [1.29, 1.82) is 0 Å². The van der Waals surface area contributed by atoms with Gasteiger partial charge in [-0.3, -0.25) is 0 Å². The number of nitrogens with one attached hydrogen (secondary N) is 1. The summed E-state index contributed by atoms with van der Waals surface area (Å²) in [6.07, 6.45) is 3.82. The molecule has 0 unspecified atom stereocenters. The summed E-state index contributed by atoms with van der Waals surface area (Å²) < 4.78 is 0. The first-order valence-corrected chi connectivity index (χ1v) is 6.56. The van der Waals surface area contributed by atoms with E-state index in [1.807, 2.05) is 0 Å². The van der Waals surface area contributed by atoms with Crippen LogP contribution in [0.4, 0.5) is 0 Å². The summed E-state index contributed by atoms with van der Waals surface area (Å²) in [5, 5.41) is 3.58. The van der Waals surface area contributed by atoms with Gasteiger partial charge in [0.1, 0.15) is 0 Å². The Bertz CT molecular complexity index is 415. The Balaban J connectivity index is 0.00000108. The molecule has 1 nitrogen and oxygen atoms in total. The van der Waals surface area contributed by atoms with E-state index in [2.05, 4.69) is 37.4 Å². The van der Waals surface area contributed by atoms with Crippen molar-refractivity contribution in [3.63, 3.8) is 0 Å². The Labute approximate surface area is 110 Å². The predicted molar refractivity (Wildman–Crippen MR) is 75.1 cm³/mol. The quantitative estimate of drug-likeness (QED) is 0.808. The number of aryl methyl sites for hydroxylation is 1. The second-order valence-corrected chi connectivity index (χ2v) is 5.68. The van der Waals surface area contributed by atoms with Crippen LogP contribution in [0.5, 0.6) is 0 Å². The van der Waals surface area contributed by atoms with E-state index in [9.17, 15) is 0 Å². The van der Waals surface area contributed by atoms with Gasteiger partial charge in [0.25, 0.3) is 0 Å². The Morgan fingerprint density at radius 3 is 3.00 bits per heavy atom. The number of rotatable bonds is 1. The third-order valence-electron chi connectivity index (χ3n) is 4.73. The van der Waals surface area contributed by atoms with Crippen LogP contribution in [0, 0.1) is 5.41 Å². The first-order chi connectivity index (χ1) is 7.74. The summed E-state index contributed by atoms with van der Waals surface area (Å²) in [5.41, 5.74) is 5.39. The number of fused-ring (bicyclic) bond motifs is 3. The lowest BCUT2D eigenvalue weighted by Crippen LogP contribution is -2.30. The highest BCUT2D eigenvalue weighted by molar-refractivity contribution is 5.85. The zero-order valence-corrected chi connectivity index (χ0v) is 11.6. The minimum absolute atomic E-state index is 0. The average molecular weight is 252 g/mol. The lowest BCUT2D eigenvalue weighted by Gasteiger charge is -2.37. The number of benzene rings is 1. The van der Waals surface area contributed by atoms with E-state index in [4.69, 9.17) is 0 Å². The van der Waals surface area contributed by atoms with Crippen LogP contribution in [0.2, 0.25) is 0 Å². The lowest BCUT2D eigenvalue weighted by molar-refractivity contribution is 0.277. The highest BCUT2D eigenvalue weighted by Crippen LogP contribution is 2.48. The van der Waals surface area contributed by atoms with Crippen molar-refractivity contribution in [2.75, 3.05) is 13.1 Å². The molecule has 1 aliphatic carbocycles. The molecule has 2 aliphatic rings. The van der Waals surface area contributed by atoms with E-state index in [-0.39, 0.29) is 12.4 Å². The van der Waals surface area contributed by atoms with Crippen molar-refractivity contribution < 1.29 is 0 Å². The van der Waals surface area contributed by atoms with Gasteiger partial charge in [0.2, 0.25) is 0 Å². The van der Waals surface area contributed by atoms with Gasteiger partial charge in [0, 0.05) is 19.0 Å². The van der Waals surface area contributed by atoms with Crippen molar-refractivity contribution in [2.24, 2.45) is 5.41 Å². The van der Waals surface area contributed by atoms with Gasteiger partial charge < -0.3 is 5.32 Å². The van der Waals surface area contributed by atoms with Crippen molar-refractivity contribution in [3.05, 3.63) is 34.9 Å². The molecule has 0 amide bonds. The molecule has 1 N–H and O–H groups in total. The molecule has 1 aromatic carbocycles. The summed E-state index contributed by atoms with van der Waals surface area (Å²) in [5.74, 6) is 0.753. The smallest absolute Gasteiger partial charge is 0.00323 e. The van der Waals surface area contributed by atoms with Crippen molar-refractivity contribution in [3.8, 4) is 0 Å². The third-order valence-corrected chi connectivity index (χ3v) is 4.73. The lowest BCUT2D eigenvalue weighted by atomic mass is 9.66. The van der Waals surface area contributed by atoms with E-state index in [1.54, 1.807) is 16.7 Å². The zero-order valence-electron chi connectivity index (χ0n) is 10.8. The first kappa shape index (κ1) is 12.9. The van der Waals surface area contributed by atoms with Crippen LogP contribution in [0.15, 0.2) is 18.2 Å². The molecule has 2 atom stereocenters. The van der Waals surface area contributed by atoms with E-state index in [1.165, 1.54) is 32.4 Å². The van der Waals surface area contributed by atoms with Gasteiger partial charge in [0.15, 0.2) is 0 Å². The Morgan fingerprint density at radius 2 is 2.24 bits per heavy atom. The summed E-state index contributed by atoms with van der Waals surface area (Å²) in [7, 11) is 0. The summed E-state index contributed by atoms with van der Waals surface area (Å²) in [4.78, 5) is 0. The molecule has 0 bridgehead atoms. The maximum Gasteiger partial charge on any atom is 0.00323 e. The second kappa shape index (κ2) is 4.62. The Morgan fingerprint density at radius 1 is 1.41 bits per heavy atom. The zero-order chi connectivity index (χ0) is 11.2. The maximum absolute atomic E-state index is 3.58. The third kappa shape index (κ3) is 1.90. The van der Waals surface area contributed by atoms with Gasteiger partial charge >= 0.3 is 0 Å². The van der Waals surface area contributed by atoms with Gasteiger partial charge in [-0.25, -0.2) is 0 Å². The van der Waals surface area contributed by atoms with Crippen LogP contribution in [0.3, 0.4) is 0 Å². The maximum atomic E-state index is 3.58. The largest absolute Gasteiger partial charge is 0.316 e. The first-order valence-electron chi connectivity index (χ1n) is 6.56. The fourth-order valence-electron chi connectivity index (χ4n) is 3.65. The molecule has 1 saturated heterocycles. The Kier molecular flexibility index (Phi) is 3.51. The fourth-order valence-corrected chi connectivity index (χ4v) is 3.65. The van der Waals surface area contributed by atoms with Crippen LogP contribution in [0.25, 0.3) is 0 Å². The monoisotopic (exact) mass is 251 g/mol. The molecule has 1 fully saturated rings. The molecule has 0 radical (unpaired) electrons. The van der Waals surface area contributed by atoms with E-state index in [0.717, 1.165) is 5.92 Å². The van der Waals surface area contributed by atoms with Gasteiger partial charge in [-0.2, -0.15) is 0 Å². The normalized spacial score (nSPS) is 30.4. The van der Waals surface area contributed by atoms with Crippen LogP contribution in [-0.2, 0) is 12.8 Å². The number of hydrogen-bond donors (Lipinski definition) is 1. The van der Waals surface area contributed by atoms with Crippen molar-refractivity contribution in [1.82, 2.24) is 5.32 Å². The fraction of sp³-hybridized carbons (Fsp3) is 0.600. The van der Waals surface area contributed by atoms with E-state index in [0.29, 0.717) is 5.41 Å². The van der Waals surface area contributed by atoms with Crippen LogP contribution in [0.1, 0.15) is 42.9 Å². The molecule has 1 heterocycles. The second-order valence-electron chi connectivity index (χ2n) is 5.68. The molecule has 2 heteroatoms. The molecule has 3 rings (SSSR count). The molecular formula is C15H22ClN. The molecular weight excluding hydrogens is 230 g/mol. The van der Waals surface area contributed by atoms with E-state index >= 15 is 0 Å². The van der Waals surface area contributed by atoms with Crippen LogP contribution >= 0.6 is 12.4 Å². The molecule has 94 valence electrons. The van der Waals surface area contributed by atoms with Gasteiger partial charge in [-0.1, -0.05) is 32.0 Å². The minimum atomic E-state index is 0. The molecule has 1 aliphatic heterocycles. The standard InChI is InChI=1S/C15H21N.ClH/c1-3-11-5-4-6-13-12(11)7-8-15(2)10-16-9-14(13)15;/h4-6,14,16H,3,7-10H2,1-2H3;1H/t14-,15-;/m1./s1. The molecule has 17 heavy (non-hydrogen) atoms. The SMILES string of the molecule is CCc1cccc2c1CC[C@]1(C)CNC[C@H]21.Cl. The number of hydrogen-bond acceptors (Lipinski definition) is 1. The molecule has 0 aromatic heterocycles. The minimum Gasteiger partial charge on any atom is -0.316 e. The highest BCUT2D eigenvalue weighted by atomic mass is 35.5. The van der Waals surface area contributed by atoms with Crippen LogP contribution in [-0.4, -0.2) is 13.1 Å².